The molecule has 0 saturated carbocycles. The average molecular weight is 349 g/mol. The van der Waals surface area contributed by atoms with E-state index in [0.29, 0.717) is 0 Å². The minimum Gasteiger partial charge on any atom is -0.353 e. The highest BCUT2D eigenvalue weighted by molar-refractivity contribution is 9.09. The summed E-state index contributed by atoms with van der Waals surface area (Å²) in [4.78, 5) is 0. The Bertz CT molecular complexity index is 193. The molecule has 1 rings (SSSR count). The molecule has 0 aliphatic carbocycles. The van der Waals surface area contributed by atoms with E-state index in [1.165, 1.54) is 82.4 Å². The Balaban J connectivity index is 1.70. The maximum atomic E-state index is 5.74. The van der Waals surface area contributed by atoms with Crippen molar-refractivity contribution in [1.29, 1.82) is 0 Å². The third-order valence-corrected chi connectivity index (χ3v) is 4.53. The third kappa shape index (κ3) is 11.1. The second kappa shape index (κ2) is 14.3. The molecule has 1 heterocycles. The fraction of sp³-hybridized carbons (Fsp3) is 1.00. The summed E-state index contributed by atoms with van der Waals surface area (Å²) in [5.41, 5.74) is 0. The molecule has 120 valence electrons. The summed E-state index contributed by atoms with van der Waals surface area (Å²) in [7, 11) is 0. The Hall–Kier alpha value is 0.400. The van der Waals surface area contributed by atoms with Gasteiger partial charge in [-0.2, -0.15) is 0 Å². The Morgan fingerprint density at radius 2 is 1.40 bits per heavy atom. The van der Waals surface area contributed by atoms with Crippen LogP contribution in [0.15, 0.2) is 0 Å². The number of unbranched alkanes of at least 4 members (excludes halogenated alkanes) is 9. The molecule has 0 unspecified atom stereocenters. The normalized spacial score (nSPS) is 19.4. The SMILES string of the molecule is BrCCCCCCCCCCCCO[C@H]1CCCCO1. The maximum Gasteiger partial charge on any atom is 0.157 e. The van der Waals surface area contributed by atoms with Gasteiger partial charge in [-0.3, -0.25) is 0 Å². The van der Waals surface area contributed by atoms with Crippen LogP contribution in [-0.2, 0) is 9.47 Å². The first-order valence-corrected chi connectivity index (χ1v) is 9.85. The van der Waals surface area contributed by atoms with Crippen molar-refractivity contribution in [2.24, 2.45) is 0 Å². The van der Waals surface area contributed by atoms with E-state index in [1.54, 1.807) is 0 Å². The second-order valence-corrected chi connectivity index (χ2v) is 6.68. The lowest BCUT2D eigenvalue weighted by molar-refractivity contribution is -0.162. The molecule has 3 heteroatoms. The van der Waals surface area contributed by atoms with Gasteiger partial charge >= 0.3 is 0 Å². The van der Waals surface area contributed by atoms with Gasteiger partial charge in [-0.15, -0.1) is 0 Å². The van der Waals surface area contributed by atoms with Gasteiger partial charge in [0, 0.05) is 18.5 Å². The molecule has 1 aliphatic heterocycles. The Morgan fingerprint density at radius 3 is 1.95 bits per heavy atom. The number of hydrogen-bond acceptors (Lipinski definition) is 2. The zero-order chi connectivity index (χ0) is 14.3. The quantitative estimate of drug-likeness (QED) is 0.308. The molecule has 0 aromatic rings. The summed E-state index contributed by atoms with van der Waals surface area (Å²) < 4.78 is 11.3. The van der Waals surface area contributed by atoms with E-state index in [1.807, 2.05) is 0 Å². The number of hydrogen-bond donors (Lipinski definition) is 0. The summed E-state index contributed by atoms with van der Waals surface area (Å²) in [6.45, 7) is 1.78. The van der Waals surface area contributed by atoms with E-state index >= 15 is 0 Å². The minimum absolute atomic E-state index is 0.100. The molecule has 0 spiro atoms. The topological polar surface area (TPSA) is 18.5 Å². The highest BCUT2D eigenvalue weighted by Gasteiger charge is 2.13. The number of alkyl halides is 1. The Morgan fingerprint density at radius 1 is 0.800 bits per heavy atom. The zero-order valence-corrected chi connectivity index (χ0v) is 14.7. The van der Waals surface area contributed by atoms with Crippen LogP contribution < -0.4 is 0 Å². The molecule has 1 atom stereocenters. The maximum absolute atomic E-state index is 5.74. The van der Waals surface area contributed by atoms with Crippen molar-refractivity contribution in [3.63, 3.8) is 0 Å². The fourth-order valence-corrected chi connectivity index (χ4v) is 3.06. The van der Waals surface area contributed by atoms with Gasteiger partial charge in [0.25, 0.3) is 0 Å². The summed E-state index contributed by atoms with van der Waals surface area (Å²) in [6, 6.07) is 0. The van der Waals surface area contributed by atoms with E-state index in [-0.39, 0.29) is 6.29 Å². The molecule has 20 heavy (non-hydrogen) atoms. The predicted octanol–water partition coefficient (Wildman–Crippen LogP) is 5.83. The van der Waals surface area contributed by atoms with Crippen LogP contribution in [0.3, 0.4) is 0 Å². The van der Waals surface area contributed by atoms with E-state index in [0.717, 1.165) is 19.6 Å². The van der Waals surface area contributed by atoms with Gasteiger partial charge < -0.3 is 9.47 Å². The van der Waals surface area contributed by atoms with E-state index < -0.39 is 0 Å². The first-order chi connectivity index (χ1) is 9.93. The van der Waals surface area contributed by atoms with Crippen molar-refractivity contribution in [3.8, 4) is 0 Å². The molecule has 0 aromatic heterocycles. The smallest absolute Gasteiger partial charge is 0.157 e. The molecule has 0 aromatic carbocycles. The van der Waals surface area contributed by atoms with Crippen LogP contribution in [0.25, 0.3) is 0 Å². The molecule has 0 radical (unpaired) electrons. The first-order valence-electron chi connectivity index (χ1n) is 8.72. The van der Waals surface area contributed by atoms with Gasteiger partial charge in [-0.25, -0.2) is 0 Å². The highest BCUT2D eigenvalue weighted by Crippen LogP contribution is 2.15. The molecule has 1 fully saturated rings. The van der Waals surface area contributed by atoms with Crippen molar-refractivity contribution < 1.29 is 9.47 Å². The molecule has 1 saturated heterocycles. The molecular weight excluding hydrogens is 316 g/mol. The first kappa shape index (κ1) is 18.4. The molecular formula is C17H33BrO2. The van der Waals surface area contributed by atoms with Crippen LogP contribution in [0.2, 0.25) is 0 Å². The van der Waals surface area contributed by atoms with Crippen LogP contribution >= 0.6 is 15.9 Å². The van der Waals surface area contributed by atoms with Crippen LogP contribution in [-0.4, -0.2) is 24.8 Å². The lowest BCUT2D eigenvalue weighted by Crippen LogP contribution is -2.22. The van der Waals surface area contributed by atoms with Crippen molar-refractivity contribution in [2.75, 3.05) is 18.5 Å². The molecule has 2 nitrogen and oxygen atoms in total. The van der Waals surface area contributed by atoms with Crippen molar-refractivity contribution in [3.05, 3.63) is 0 Å². The zero-order valence-electron chi connectivity index (χ0n) is 13.1. The van der Waals surface area contributed by atoms with Gasteiger partial charge in [-0.1, -0.05) is 67.3 Å². The van der Waals surface area contributed by atoms with Crippen molar-refractivity contribution in [2.45, 2.75) is 89.8 Å². The van der Waals surface area contributed by atoms with Crippen molar-refractivity contribution >= 4 is 15.9 Å². The molecule has 0 bridgehead atoms. The van der Waals surface area contributed by atoms with Crippen LogP contribution in [0.4, 0.5) is 0 Å². The fourth-order valence-electron chi connectivity index (χ4n) is 2.67. The molecule has 0 N–H and O–H groups in total. The monoisotopic (exact) mass is 348 g/mol. The van der Waals surface area contributed by atoms with E-state index in [9.17, 15) is 0 Å². The van der Waals surface area contributed by atoms with Gasteiger partial charge in [0.15, 0.2) is 6.29 Å². The number of halogens is 1. The van der Waals surface area contributed by atoms with E-state index in [4.69, 9.17) is 9.47 Å². The second-order valence-electron chi connectivity index (χ2n) is 5.89. The summed E-state index contributed by atoms with van der Waals surface area (Å²) in [6.07, 6.45) is 17.4. The summed E-state index contributed by atoms with van der Waals surface area (Å²) in [5, 5.41) is 1.17. The predicted molar refractivity (Wildman–Crippen MR) is 89.5 cm³/mol. The van der Waals surface area contributed by atoms with Crippen molar-refractivity contribution in [1.82, 2.24) is 0 Å². The van der Waals surface area contributed by atoms with Gasteiger partial charge in [0.2, 0.25) is 0 Å². The van der Waals surface area contributed by atoms with Crippen LogP contribution in [0, 0.1) is 0 Å². The largest absolute Gasteiger partial charge is 0.353 e. The Labute approximate surface area is 134 Å². The highest BCUT2D eigenvalue weighted by atomic mass is 79.9. The number of ether oxygens (including phenoxy) is 2. The van der Waals surface area contributed by atoms with Gasteiger partial charge in [-0.05, 0) is 32.1 Å². The number of rotatable bonds is 13. The third-order valence-electron chi connectivity index (χ3n) is 3.97. The average Bonchev–Trinajstić information content (AvgIpc) is 2.49. The minimum atomic E-state index is 0.100. The Kier molecular flexibility index (Phi) is 13.2. The summed E-state index contributed by atoms with van der Waals surface area (Å²) in [5.74, 6) is 0. The van der Waals surface area contributed by atoms with Crippen LogP contribution in [0.1, 0.15) is 83.5 Å². The molecule has 0 amide bonds. The summed E-state index contributed by atoms with van der Waals surface area (Å²) >= 11 is 3.48. The van der Waals surface area contributed by atoms with E-state index in [2.05, 4.69) is 15.9 Å². The lowest BCUT2D eigenvalue weighted by atomic mass is 10.1. The lowest BCUT2D eigenvalue weighted by Gasteiger charge is -2.22. The standard InChI is InChI=1S/C17H33BrO2/c18-14-10-7-5-3-1-2-4-6-8-11-15-19-17-13-9-12-16-20-17/h17H,1-16H2/t17-/m1/s1. The van der Waals surface area contributed by atoms with Gasteiger partial charge in [0.05, 0.1) is 0 Å². The van der Waals surface area contributed by atoms with Crippen LogP contribution in [0.5, 0.6) is 0 Å². The molecule has 1 aliphatic rings. The van der Waals surface area contributed by atoms with Gasteiger partial charge in [0.1, 0.15) is 0 Å².